The summed E-state index contributed by atoms with van der Waals surface area (Å²) in [6.45, 7) is 0. The lowest BCUT2D eigenvalue weighted by Gasteiger charge is -2.08. The van der Waals surface area contributed by atoms with E-state index in [0.717, 1.165) is 28.2 Å². The predicted molar refractivity (Wildman–Crippen MR) is 99.7 cm³/mol. The molecule has 5 nitrogen and oxygen atoms in total. The number of hydrogen-bond acceptors (Lipinski definition) is 4. The number of benzene rings is 2. The van der Waals surface area contributed by atoms with Gasteiger partial charge in [0, 0.05) is 16.3 Å². The number of nitrogens with one attached hydrogen (secondary N) is 1. The maximum absolute atomic E-state index is 6.11. The number of methoxy groups -OCH3 is 1. The highest BCUT2D eigenvalue weighted by molar-refractivity contribution is 6.30. The minimum absolute atomic E-state index is 0.511. The molecule has 6 heteroatoms. The van der Waals surface area contributed by atoms with Gasteiger partial charge in [0.05, 0.1) is 24.5 Å². The van der Waals surface area contributed by atoms with Gasteiger partial charge in [-0.25, -0.2) is 9.50 Å². The van der Waals surface area contributed by atoms with Crippen LogP contribution in [0.4, 0.5) is 11.6 Å². The summed E-state index contributed by atoms with van der Waals surface area (Å²) in [5, 5.41) is 8.49. The molecule has 0 aliphatic rings. The van der Waals surface area contributed by atoms with E-state index < -0.39 is 0 Å². The van der Waals surface area contributed by atoms with E-state index in [-0.39, 0.29) is 0 Å². The predicted octanol–water partition coefficient (Wildman–Crippen LogP) is 4.80. The molecule has 0 radical (unpaired) electrons. The van der Waals surface area contributed by atoms with Gasteiger partial charge in [0.2, 0.25) is 5.95 Å². The number of fused-ring (bicyclic) bond motifs is 1. The van der Waals surface area contributed by atoms with Crippen LogP contribution in [0.25, 0.3) is 16.8 Å². The largest absolute Gasteiger partial charge is 0.497 e. The van der Waals surface area contributed by atoms with Crippen LogP contribution in [0, 0.1) is 0 Å². The van der Waals surface area contributed by atoms with Crippen LogP contribution in [-0.4, -0.2) is 21.7 Å². The van der Waals surface area contributed by atoms with E-state index in [0.29, 0.717) is 11.0 Å². The standard InChI is InChI=1S/C19H15ClN4O/c1-25-17-8-5-15(6-9-17)22-19-21-12-16-7-10-18(24(16)23-19)13-3-2-4-14(20)11-13/h2-12H,1H3,(H,22,23). The molecule has 4 rings (SSSR count). The van der Waals surface area contributed by atoms with Crippen LogP contribution in [0.3, 0.4) is 0 Å². The average Bonchev–Trinajstić information content (AvgIpc) is 3.06. The third-order valence-corrected chi connectivity index (χ3v) is 4.10. The summed E-state index contributed by atoms with van der Waals surface area (Å²) in [7, 11) is 1.64. The fraction of sp³-hybridized carbons (Fsp3) is 0.0526. The minimum Gasteiger partial charge on any atom is -0.497 e. The second-order valence-corrected chi connectivity index (χ2v) is 5.94. The molecule has 0 unspecified atom stereocenters. The van der Waals surface area contributed by atoms with E-state index in [9.17, 15) is 0 Å². The fourth-order valence-corrected chi connectivity index (χ4v) is 2.82. The number of aromatic nitrogens is 3. The quantitative estimate of drug-likeness (QED) is 0.574. The Morgan fingerprint density at radius 2 is 1.88 bits per heavy atom. The third-order valence-electron chi connectivity index (χ3n) is 3.87. The molecule has 0 saturated carbocycles. The molecule has 2 heterocycles. The van der Waals surface area contributed by atoms with E-state index in [4.69, 9.17) is 16.3 Å². The van der Waals surface area contributed by atoms with Crippen LogP contribution >= 0.6 is 11.6 Å². The molecule has 0 spiro atoms. The van der Waals surface area contributed by atoms with Crippen LogP contribution in [-0.2, 0) is 0 Å². The molecular formula is C19H15ClN4O. The van der Waals surface area contributed by atoms with Gasteiger partial charge in [0.1, 0.15) is 5.75 Å². The van der Waals surface area contributed by atoms with E-state index in [1.54, 1.807) is 13.3 Å². The molecule has 0 bridgehead atoms. The molecule has 0 atom stereocenters. The topological polar surface area (TPSA) is 51.5 Å². The van der Waals surface area contributed by atoms with Gasteiger partial charge in [0.15, 0.2) is 0 Å². The Morgan fingerprint density at radius 3 is 2.64 bits per heavy atom. The summed E-state index contributed by atoms with van der Waals surface area (Å²) in [5.41, 5.74) is 3.76. The molecule has 0 aliphatic carbocycles. The minimum atomic E-state index is 0.511. The van der Waals surface area contributed by atoms with Gasteiger partial charge >= 0.3 is 0 Å². The Morgan fingerprint density at radius 1 is 1.04 bits per heavy atom. The molecule has 124 valence electrons. The van der Waals surface area contributed by atoms with Crippen molar-refractivity contribution in [2.24, 2.45) is 0 Å². The highest BCUT2D eigenvalue weighted by Crippen LogP contribution is 2.25. The highest BCUT2D eigenvalue weighted by Gasteiger charge is 2.08. The Kier molecular flexibility index (Phi) is 3.99. The van der Waals surface area contributed by atoms with Crippen molar-refractivity contribution in [2.75, 3.05) is 12.4 Å². The van der Waals surface area contributed by atoms with Crippen molar-refractivity contribution in [3.63, 3.8) is 0 Å². The summed E-state index contributed by atoms with van der Waals surface area (Å²) < 4.78 is 7.02. The van der Waals surface area contributed by atoms with Gasteiger partial charge in [-0.1, -0.05) is 23.7 Å². The van der Waals surface area contributed by atoms with Crippen molar-refractivity contribution >= 4 is 28.8 Å². The number of halogens is 1. The zero-order valence-electron chi connectivity index (χ0n) is 13.5. The lowest BCUT2D eigenvalue weighted by atomic mass is 10.2. The van der Waals surface area contributed by atoms with E-state index >= 15 is 0 Å². The molecule has 0 fully saturated rings. The first-order chi connectivity index (χ1) is 12.2. The summed E-state index contributed by atoms with van der Waals surface area (Å²) in [5.74, 6) is 1.31. The number of rotatable bonds is 4. The zero-order chi connectivity index (χ0) is 17.2. The second-order valence-electron chi connectivity index (χ2n) is 5.50. The monoisotopic (exact) mass is 350 g/mol. The molecule has 25 heavy (non-hydrogen) atoms. The van der Waals surface area contributed by atoms with E-state index in [1.807, 2.05) is 65.2 Å². The molecule has 1 N–H and O–H groups in total. The molecule has 0 aliphatic heterocycles. The van der Waals surface area contributed by atoms with Crippen molar-refractivity contribution in [1.82, 2.24) is 14.6 Å². The van der Waals surface area contributed by atoms with Crippen LogP contribution in [0.15, 0.2) is 66.9 Å². The molecule has 2 aromatic heterocycles. The first-order valence-electron chi connectivity index (χ1n) is 7.75. The molecule has 0 amide bonds. The second kappa shape index (κ2) is 6.45. The van der Waals surface area contributed by atoms with E-state index in [2.05, 4.69) is 15.4 Å². The van der Waals surface area contributed by atoms with Gasteiger partial charge in [-0.15, -0.1) is 5.10 Å². The normalized spacial score (nSPS) is 10.8. The molecular weight excluding hydrogens is 336 g/mol. The summed E-state index contributed by atoms with van der Waals surface area (Å²) >= 11 is 6.11. The van der Waals surface area contributed by atoms with Gasteiger partial charge in [-0.05, 0) is 48.5 Å². The van der Waals surface area contributed by atoms with Crippen molar-refractivity contribution in [1.29, 1.82) is 0 Å². The summed E-state index contributed by atoms with van der Waals surface area (Å²) in [6.07, 6.45) is 1.78. The van der Waals surface area contributed by atoms with Gasteiger partial charge in [-0.3, -0.25) is 0 Å². The van der Waals surface area contributed by atoms with Gasteiger partial charge in [-0.2, -0.15) is 0 Å². The van der Waals surface area contributed by atoms with Crippen molar-refractivity contribution in [3.8, 4) is 17.0 Å². The molecule has 0 saturated heterocycles. The smallest absolute Gasteiger partial charge is 0.245 e. The van der Waals surface area contributed by atoms with Crippen LogP contribution < -0.4 is 10.1 Å². The first kappa shape index (κ1) is 15.5. The zero-order valence-corrected chi connectivity index (χ0v) is 14.2. The maximum Gasteiger partial charge on any atom is 0.245 e. The van der Waals surface area contributed by atoms with Crippen LogP contribution in [0.2, 0.25) is 5.02 Å². The summed E-state index contributed by atoms with van der Waals surface area (Å²) in [4.78, 5) is 4.37. The molecule has 4 aromatic rings. The number of ether oxygens (including phenoxy) is 1. The van der Waals surface area contributed by atoms with Gasteiger partial charge < -0.3 is 10.1 Å². The Labute approximate surface area is 149 Å². The summed E-state index contributed by atoms with van der Waals surface area (Å²) in [6, 6.07) is 19.3. The fourth-order valence-electron chi connectivity index (χ4n) is 2.63. The first-order valence-corrected chi connectivity index (χ1v) is 8.12. The Bertz CT molecular complexity index is 1030. The number of nitrogens with zero attached hydrogens (tertiary/aromatic N) is 3. The lowest BCUT2D eigenvalue weighted by molar-refractivity contribution is 0.415. The van der Waals surface area contributed by atoms with Crippen molar-refractivity contribution in [2.45, 2.75) is 0 Å². The van der Waals surface area contributed by atoms with Crippen LogP contribution in [0.5, 0.6) is 5.75 Å². The maximum atomic E-state index is 6.11. The van der Waals surface area contributed by atoms with Crippen molar-refractivity contribution < 1.29 is 4.74 Å². The Balaban J connectivity index is 1.70. The third kappa shape index (κ3) is 3.14. The average molecular weight is 351 g/mol. The number of anilines is 2. The van der Waals surface area contributed by atoms with E-state index in [1.165, 1.54) is 0 Å². The van der Waals surface area contributed by atoms with Crippen LogP contribution in [0.1, 0.15) is 0 Å². The van der Waals surface area contributed by atoms with Gasteiger partial charge in [0.25, 0.3) is 0 Å². The SMILES string of the molecule is COc1ccc(Nc2ncc3ccc(-c4cccc(Cl)c4)n3n2)cc1. The molecule has 2 aromatic carbocycles. The highest BCUT2D eigenvalue weighted by atomic mass is 35.5. The Hall–Kier alpha value is -3.05. The lowest BCUT2D eigenvalue weighted by Crippen LogP contribution is -2.02. The van der Waals surface area contributed by atoms with Crippen molar-refractivity contribution in [3.05, 3.63) is 71.9 Å². The number of hydrogen-bond donors (Lipinski definition) is 1.